The zero-order chi connectivity index (χ0) is 14.4. The van der Waals surface area contributed by atoms with Crippen molar-refractivity contribution in [3.63, 3.8) is 0 Å². The van der Waals surface area contributed by atoms with Crippen LogP contribution < -0.4 is 4.74 Å². The van der Waals surface area contributed by atoms with Crippen LogP contribution in [0.15, 0.2) is 48.5 Å². The summed E-state index contributed by atoms with van der Waals surface area (Å²) in [6.45, 7) is 2.19. The van der Waals surface area contributed by atoms with Crippen LogP contribution >= 0.6 is 11.8 Å². The summed E-state index contributed by atoms with van der Waals surface area (Å²) in [5, 5.41) is 0. The number of hydrogen-bond acceptors (Lipinski definition) is 2. The van der Waals surface area contributed by atoms with E-state index < -0.39 is 0 Å². The van der Waals surface area contributed by atoms with E-state index in [4.69, 9.17) is 4.74 Å². The van der Waals surface area contributed by atoms with Crippen molar-refractivity contribution >= 4 is 11.8 Å². The molecule has 2 aromatic rings. The van der Waals surface area contributed by atoms with Crippen molar-refractivity contribution in [3.05, 3.63) is 71.1 Å². The molecule has 0 bridgehead atoms. The summed E-state index contributed by atoms with van der Waals surface area (Å²) >= 11 is 1.89. The number of ether oxygens (including phenoxy) is 1. The molecule has 1 nitrogen and oxygen atoms in total. The molecule has 0 saturated carbocycles. The summed E-state index contributed by atoms with van der Waals surface area (Å²) < 4.78 is 5.22. The van der Waals surface area contributed by atoms with Crippen LogP contribution in [0.1, 0.15) is 23.6 Å². The minimum absolute atomic E-state index is 0.900. The van der Waals surface area contributed by atoms with Crippen molar-refractivity contribution in [2.75, 3.05) is 19.1 Å². The molecule has 0 aliphatic carbocycles. The minimum atomic E-state index is 0.900. The highest BCUT2D eigenvalue weighted by Gasteiger charge is 2.13. The molecule has 105 valence electrons. The van der Waals surface area contributed by atoms with Gasteiger partial charge in [-0.1, -0.05) is 43.3 Å². The first-order valence-electron chi connectivity index (χ1n) is 6.81. The Morgan fingerprint density at radius 2 is 1.75 bits per heavy atom. The van der Waals surface area contributed by atoms with E-state index in [9.17, 15) is 0 Å². The van der Waals surface area contributed by atoms with Gasteiger partial charge in [0.25, 0.3) is 0 Å². The average Bonchev–Trinajstić information content (AvgIpc) is 2.52. The smallest absolute Gasteiger partial charge is 0.118 e. The normalized spacial score (nSPS) is 10.8. The minimum Gasteiger partial charge on any atom is -0.497 e. The predicted molar refractivity (Wildman–Crippen MR) is 88.6 cm³/mol. The molecule has 0 heterocycles. The molecular weight excluding hydrogens is 264 g/mol. The van der Waals surface area contributed by atoms with E-state index >= 15 is 0 Å². The highest BCUT2D eigenvalue weighted by atomic mass is 32.2. The zero-order valence-electron chi connectivity index (χ0n) is 12.3. The monoisotopic (exact) mass is 285 g/mol. The summed E-state index contributed by atoms with van der Waals surface area (Å²) in [4.78, 5) is 0. The fraction of sp³-hybridized carbons (Fsp3) is 0.278. The van der Waals surface area contributed by atoms with Crippen molar-refractivity contribution in [3.8, 4) is 5.75 Å². The third kappa shape index (κ3) is 3.57. The molecule has 0 unspecified atom stereocenters. The molecule has 0 atom stereocenters. The maximum atomic E-state index is 5.22. The van der Waals surface area contributed by atoms with Crippen LogP contribution in [0.4, 0.5) is 0 Å². The van der Waals surface area contributed by atoms with Crippen molar-refractivity contribution in [1.82, 2.24) is 0 Å². The summed E-state index contributed by atoms with van der Waals surface area (Å²) in [6, 6.07) is 17.0. The van der Waals surface area contributed by atoms with Gasteiger partial charge in [-0.2, -0.15) is 11.8 Å². The second-order valence-corrected chi connectivity index (χ2v) is 5.74. The van der Waals surface area contributed by atoms with E-state index in [1.807, 2.05) is 23.9 Å². The number of methoxy groups -OCH3 is 1. The molecule has 0 N–H and O–H groups in total. The lowest BCUT2D eigenvalue weighted by molar-refractivity contribution is 0.414. The number of rotatable bonds is 6. The van der Waals surface area contributed by atoms with Crippen LogP contribution in [0.25, 0.3) is 0 Å². The zero-order valence-corrected chi connectivity index (χ0v) is 13.2. The van der Waals surface area contributed by atoms with Crippen molar-refractivity contribution in [1.29, 1.82) is 0 Å². The standard InChI is InChI=1S/C18H21OS/c1-14(15-8-10-17(19-2)11-9-15)18-7-5-4-6-16(18)12-13-20-3/h4-11H,12-13H2,1-3H3. The molecule has 2 aromatic carbocycles. The second kappa shape index (κ2) is 7.39. The number of benzene rings is 2. The molecule has 2 heteroatoms. The van der Waals surface area contributed by atoms with Gasteiger partial charge in [-0.15, -0.1) is 0 Å². The van der Waals surface area contributed by atoms with Crippen LogP contribution in [0.3, 0.4) is 0 Å². The van der Waals surface area contributed by atoms with Crippen LogP contribution in [-0.4, -0.2) is 19.1 Å². The summed E-state index contributed by atoms with van der Waals surface area (Å²) in [5.74, 6) is 3.38. The number of hydrogen-bond donors (Lipinski definition) is 0. The van der Waals surface area contributed by atoms with E-state index in [0.29, 0.717) is 0 Å². The first kappa shape index (κ1) is 15.0. The molecule has 20 heavy (non-hydrogen) atoms. The molecule has 0 fully saturated rings. The molecule has 0 aromatic heterocycles. The molecule has 0 saturated heterocycles. The Kier molecular flexibility index (Phi) is 5.54. The van der Waals surface area contributed by atoms with Gasteiger partial charge in [0.05, 0.1) is 7.11 Å². The molecule has 0 amide bonds. The first-order valence-corrected chi connectivity index (χ1v) is 8.21. The van der Waals surface area contributed by atoms with Crippen molar-refractivity contribution < 1.29 is 4.74 Å². The summed E-state index contributed by atoms with van der Waals surface area (Å²) in [7, 11) is 1.70. The van der Waals surface area contributed by atoms with Crippen LogP contribution in [0, 0.1) is 5.92 Å². The fourth-order valence-electron chi connectivity index (χ4n) is 2.31. The summed E-state index contributed by atoms with van der Waals surface area (Å²) in [5.41, 5.74) is 4.03. The molecular formula is C18H21OS. The number of thioether (sulfide) groups is 1. The Morgan fingerprint density at radius 1 is 1.05 bits per heavy atom. The third-order valence-corrected chi connectivity index (χ3v) is 4.13. The van der Waals surface area contributed by atoms with E-state index in [1.165, 1.54) is 22.6 Å². The van der Waals surface area contributed by atoms with Gasteiger partial charge in [-0.3, -0.25) is 0 Å². The van der Waals surface area contributed by atoms with E-state index in [-0.39, 0.29) is 0 Å². The molecule has 0 aliphatic heterocycles. The Balaban J connectivity index is 2.24. The maximum absolute atomic E-state index is 5.22. The number of aryl methyl sites for hydroxylation is 1. The van der Waals surface area contributed by atoms with Gasteiger partial charge in [-0.25, -0.2) is 0 Å². The third-order valence-electron chi connectivity index (χ3n) is 3.52. The Morgan fingerprint density at radius 3 is 2.40 bits per heavy atom. The summed E-state index contributed by atoms with van der Waals surface area (Å²) in [6.07, 6.45) is 3.27. The highest BCUT2D eigenvalue weighted by Crippen LogP contribution is 2.28. The van der Waals surface area contributed by atoms with Crippen molar-refractivity contribution in [2.24, 2.45) is 0 Å². The first-order chi connectivity index (χ1) is 9.76. The Hall–Kier alpha value is -1.41. The Labute approximate surface area is 126 Å². The molecule has 2 rings (SSSR count). The molecule has 1 radical (unpaired) electrons. The molecule has 0 aliphatic rings. The van der Waals surface area contributed by atoms with Gasteiger partial charge >= 0.3 is 0 Å². The average molecular weight is 285 g/mol. The topological polar surface area (TPSA) is 9.23 Å². The van der Waals surface area contributed by atoms with Crippen LogP contribution in [0.2, 0.25) is 0 Å². The van der Waals surface area contributed by atoms with Gasteiger partial charge in [0, 0.05) is 5.92 Å². The lowest BCUT2D eigenvalue weighted by Crippen LogP contribution is -2.03. The highest BCUT2D eigenvalue weighted by molar-refractivity contribution is 7.98. The van der Waals surface area contributed by atoms with Gasteiger partial charge < -0.3 is 4.74 Å². The van der Waals surface area contributed by atoms with Crippen LogP contribution in [0.5, 0.6) is 5.75 Å². The quantitative estimate of drug-likeness (QED) is 0.767. The Bertz CT molecular complexity index is 533. The maximum Gasteiger partial charge on any atom is 0.118 e. The van der Waals surface area contributed by atoms with Gasteiger partial charge in [0.2, 0.25) is 0 Å². The van der Waals surface area contributed by atoms with Gasteiger partial charge in [-0.05, 0) is 47.3 Å². The second-order valence-electron chi connectivity index (χ2n) is 4.75. The lowest BCUT2D eigenvalue weighted by Gasteiger charge is -2.16. The SMILES string of the molecule is COc1ccc([C](C)c2ccccc2CCSC)cc1. The largest absolute Gasteiger partial charge is 0.497 e. The van der Waals surface area contributed by atoms with Gasteiger partial charge in [0.1, 0.15) is 5.75 Å². The molecule has 0 spiro atoms. The van der Waals surface area contributed by atoms with Gasteiger partial charge in [0.15, 0.2) is 0 Å². The lowest BCUT2D eigenvalue weighted by atomic mass is 9.89. The van der Waals surface area contributed by atoms with Crippen molar-refractivity contribution in [2.45, 2.75) is 13.3 Å². The van der Waals surface area contributed by atoms with E-state index in [2.05, 4.69) is 49.6 Å². The predicted octanol–water partition coefficient (Wildman–Crippen LogP) is 4.59. The van der Waals surface area contributed by atoms with Crippen LogP contribution in [-0.2, 0) is 6.42 Å². The van der Waals surface area contributed by atoms with E-state index in [0.717, 1.165) is 17.9 Å². The van der Waals surface area contributed by atoms with E-state index in [1.54, 1.807) is 7.11 Å². The fourth-order valence-corrected chi connectivity index (χ4v) is 2.74.